The molecular weight excluding hydrogens is 261 g/mol. The molecule has 0 aliphatic heterocycles. The van der Waals surface area contributed by atoms with Crippen molar-refractivity contribution in [2.45, 2.75) is 18.9 Å². The van der Waals surface area contributed by atoms with Crippen LogP contribution in [0.25, 0.3) is 0 Å². The van der Waals surface area contributed by atoms with Crippen LogP contribution in [0.2, 0.25) is 0 Å². The second-order valence-corrected chi connectivity index (χ2v) is 4.31. The Morgan fingerprint density at radius 1 is 1.53 bits per heavy atom. The Bertz CT molecular complexity index is 402. The summed E-state index contributed by atoms with van der Waals surface area (Å²) in [5.74, 6) is 5.41. The Kier molecular flexibility index (Phi) is 3.02. The molecule has 2 rings (SSSR count). The zero-order chi connectivity index (χ0) is 10.8. The second kappa shape index (κ2) is 4.28. The van der Waals surface area contributed by atoms with Crippen LogP contribution in [0.4, 0.5) is 4.39 Å². The number of nitrogens with two attached hydrogens (primary N) is 1. The second-order valence-electron chi connectivity index (χ2n) is 3.45. The van der Waals surface area contributed by atoms with Crippen molar-refractivity contribution in [3.05, 3.63) is 34.1 Å². The van der Waals surface area contributed by atoms with Crippen molar-refractivity contribution in [2.75, 3.05) is 0 Å². The zero-order valence-electron chi connectivity index (χ0n) is 8.00. The molecule has 3 N–H and O–H groups in total. The van der Waals surface area contributed by atoms with Crippen molar-refractivity contribution in [2.24, 2.45) is 10.8 Å². The molecule has 3 nitrogen and oxygen atoms in total. The Morgan fingerprint density at radius 2 is 2.27 bits per heavy atom. The molecule has 0 spiro atoms. The summed E-state index contributed by atoms with van der Waals surface area (Å²) in [6.45, 7) is 0. The number of aliphatic imine (C=N–C) groups is 1. The first-order valence-corrected chi connectivity index (χ1v) is 5.50. The molecule has 5 heteroatoms. The van der Waals surface area contributed by atoms with E-state index in [1.165, 1.54) is 0 Å². The first-order chi connectivity index (χ1) is 7.22. The van der Waals surface area contributed by atoms with Crippen LogP contribution >= 0.6 is 15.9 Å². The largest absolute Gasteiger partial charge is 0.308 e. The predicted octanol–water partition coefficient (Wildman–Crippen LogP) is 1.96. The molecule has 1 aliphatic rings. The molecule has 1 aromatic rings. The van der Waals surface area contributed by atoms with E-state index in [9.17, 15) is 4.39 Å². The lowest BCUT2D eigenvalue weighted by Crippen LogP contribution is -2.32. The van der Waals surface area contributed by atoms with Crippen molar-refractivity contribution in [1.82, 2.24) is 5.43 Å². The fourth-order valence-corrected chi connectivity index (χ4v) is 1.62. The summed E-state index contributed by atoms with van der Waals surface area (Å²) in [5, 5.41) is 0. The molecule has 0 unspecified atom stereocenters. The number of nitrogens with zero attached hydrogens (tertiary/aromatic N) is 1. The molecule has 0 aromatic heterocycles. The van der Waals surface area contributed by atoms with E-state index in [0.717, 1.165) is 12.8 Å². The van der Waals surface area contributed by atoms with Gasteiger partial charge in [-0.15, -0.1) is 0 Å². The van der Waals surface area contributed by atoms with Crippen molar-refractivity contribution in [3.8, 4) is 0 Å². The number of hydrogen-bond acceptors (Lipinski definition) is 2. The fourth-order valence-electron chi connectivity index (χ4n) is 1.26. The summed E-state index contributed by atoms with van der Waals surface area (Å²) in [6, 6.07) is 5.35. The predicted molar refractivity (Wildman–Crippen MR) is 61.0 cm³/mol. The smallest absolute Gasteiger partial charge is 0.148 e. The maximum Gasteiger partial charge on any atom is 0.148 e. The van der Waals surface area contributed by atoms with Crippen LogP contribution in [0.1, 0.15) is 18.4 Å². The molecule has 0 heterocycles. The van der Waals surface area contributed by atoms with Gasteiger partial charge in [-0.25, -0.2) is 10.2 Å². The highest BCUT2D eigenvalue weighted by Gasteiger charge is 2.22. The lowest BCUT2D eigenvalue weighted by molar-refractivity contribution is 0.617. The van der Waals surface area contributed by atoms with Gasteiger partial charge in [-0.05, 0) is 40.9 Å². The van der Waals surface area contributed by atoms with E-state index in [2.05, 4.69) is 26.3 Å². The zero-order valence-corrected chi connectivity index (χ0v) is 9.59. The van der Waals surface area contributed by atoms with Crippen molar-refractivity contribution in [1.29, 1.82) is 0 Å². The third kappa shape index (κ3) is 2.35. The monoisotopic (exact) mass is 271 g/mol. The van der Waals surface area contributed by atoms with Gasteiger partial charge in [0.05, 0.1) is 16.1 Å². The molecule has 0 radical (unpaired) electrons. The minimum absolute atomic E-state index is 0.300. The van der Waals surface area contributed by atoms with E-state index in [-0.39, 0.29) is 5.82 Å². The summed E-state index contributed by atoms with van der Waals surface area (Å²) in [4.78, 5) is 4.30. The van der Waals surface area contributed by atoms with Crippen molar-refractivity contribution < 1.29 is 4.39 Å². The van der Waals surface area contributed by atoms with Crippen LogP contribution in [0.15, 0.2) is 27.7 Å². The molecular formula is C10H11BrFN3. The average Bonchev–Trinajstić information content (AvgIpc) is 3.03. The molecule has 80 valence electrons. The standard InChI is InChI=1S/C10H11BrFN3/c11-8-3-1-2-7(9(8)12)10(15-13)14-6-4-5-6/h1-3,6H,4-5,13H2,(H,14,15). The van der Waals surface area contributed by atoms with Crippen LogP contribution in [0.5, 0.6) is 0 Å². The molecule has 0 amide bonds. The Labute approximate surface area is 95.7 Å². The van der Waals surface area contributed by atoms with Crippen molar-refractivity contribution in [3.63, 3.8) is 0 Å². The van der Waals surface area contributed by atoms with Crippen LogP contribution in [0.3, 0.4) is 0 Å². The summed E-state index contributed by atoms with van der Waals surface area (Å²) >= 11 is 3.13. The normalized spacial score (nSPS) is 16.6. The van der Waals surface area contributed by atoms with E-state index in [1.54, 1.807) is 18.2 Å². The molecule has 0 saturated heterocycles. The van der Waals surface area contributed by atoms with Gasteiger partial charge in [-0.1, -0.05) is 6.07 Å². The maximum atomic E-state index is 13.7. The van der Waals surface area contributed by atoms with Gasteiger partial charge in [0.1, 0.15) is 11.7 Å². The highest BCUT2D eigenvalue weighted by Crippen LogP contribution is 2.25. The number of rotatable bonds is 2. The quantitative estimate of drug-likeness (QED) is 0.374. The Balaban J connectivity index is 2.37. The van der Waals surface area contributed by atoms with E-state index < -0.39 is 0 Å². The minimum atomic E-state index is -0.338. The van der Waals surface area contributed by atoms with E-state index in [1.807, 2.05) is 0 Å². The number of benzene rings is 1. The number of hydrogen-bond donors (Lipinski definition) is 2. The van der Waals surface area contributed by atoms with Gasteiger partial charge in [-0.3, -0.25) is 4.99 Å². The molecule has 1 fully saturated rings. The number of nitrogens with one attached hydrogen (secondary N) is 1. The van der Waals surface area contributed by atoms with Crippen LogP contribution < -0.4 is 11.3 Å². The molecule has 1 aliphatic carbocycles. The van der Waals surface area contributed by atoms with Gasteiger partial charge in [0, 0.05) is 0 Å². The molecule has 1 aromatic carbocycles. The van der Waals surface area contributed by atoms with Gasteiger partial charge in [0.25, 0.3) is 0 Å². The first-order valence-electron chi connectivity index (χ1n) is 4.71. The van der Waals surface area contributed by atoms with Gasteiger partial charge in [-0.2, -0.15) is 0 Å². The van der Waals surface area contributed by atoms with Gasteiger partial charge in [0.2, 0.25) is 0 Å². The topological polar surface area (TPSA) is 50.4 Å². The average molecular weight is 272 g/mol. The summed E-state index contributed by atoms with van der Waals surface area (Å²) < 4.78 is 14.1. The maximum absolute atomic E-state index is 13.7. The third-order valence-corrected chi connectivity index (χ3v) is 2.81. The lowest BCUT2D eigenvalue weighted by Gasteiger charge is -2.07. The fraction of sp³-hybridized carbons (Fsp3) is 0.300. The highest BCUT2D eigenvalue weighted by molar-refractivity contribution is 9.10. The minimum Gasteiger partial charge on any atom is -0.308 e. The lowest BCUT2D eigenvalue weighted by atomic mass is 10.2. The van der Waals surface area contributed by atoms with Crippen LogP contribution in [-0.4, -0.2) is 11.9 Å². The highest BCUT2D eigenvalue weighted by atomic mass is 79.9. The Morgan fingerprint density at radius 3 is 2.87 bits per heavy atom. The molecule has 15 heavy (non-hydrogen) atoms. The first kappa shape index (κ1) is 10.6. The number of hydrazine groups is 1. The third-order valence-electron chi connectivity index (χ3n) is 2.20. The summed E-state index contributed by atoms with van der Waals surface area (Å²) in [7, 11) is 0. The molecule has 0 atom stereocenters. The van der Waals surface area contributed by atoms with E-state index >= 15 is 0 Å². The van der Waals surface area contributed by atoms with Crippen molar-refractivity contribution >= 4 is 21.8 Å². The van der Waals surface area contributed by atoms with Crippen LogP contribution in [-0.2, 0) is 0 Å². The molecule has 1 saturated carbocycles. The summed E-state index contributed by atoms with van der Waals surface area (Å²) in [6.07, 6.45) is 2.11. The van der Waals surface area contributed by atoms with Gasteiger partial charge < -0.3 is 5.43 Å². The van der Waals surface area contributed by atoms with Crippen LogP contribution in [0, 0.1) is 5.82 Å². The SMILES string of the molecule is NNC(=NC1CC1)c1cccc(Br)c1F. The summed E-state index contributed by atoms with van der Waals surface area (Å²) in [5.41, 5.74) is 2.85. The van der Waals surface area contributed by atoms with E-state index in [4.69, 9.17) is 5.84 Å². The number of amidine groups is 1. The Hall–Kier alpha value is -0.940. The van der Waals surface area contributed by atoms with E-state index in [0.29, 0.717) is 21.9 Å². The number of halogens is 2. The van der Waals surface area contributed by atoms with Gasteiger partial charge in [0.15, 0.2) is 0 Å². The molecule has 0 bridgehead atoms. The van der Waals surface area contributed by atoms with Gasteiger partial charge >= 0.3 is 0 Å².